The molecule has 124 valence electrons. The van der Waals surface area contributed by atoms with Crippen LogP contribution in [0.25, 0.3) is 11.0 Å². The molecule has 0 saturated carbocycles. The van der Waals surface area contributed by atoms with Crippen LogP contribution < -0.4 is 9.80 Å². The highest BCUT2D eigenvalue weighted by atomic mass is 16.5. The predicted molar refractivity (Wildman–Crippen MR) is 92.3 cm³/mol. The van der Waals surface area contributed by atoms with Crippen LogP contribution in [0.4, 0.5) is 11.8 Å². The van der Waals surface area contributed by atoms with Crippen molar-refractivity contribution in [3.8, 4) is 0 Å². The van der Waals surface area contributed by atoms with Crippen LogP contribution >= 0.6 is 0 Å². The number of aryl methyl sites for hydroxylation is 1. The van der Waals surface area contributed by atoms with Crippen molar-refractivity contribution in [2.24, 2.45) is 0 Å². The molecule has 0 spiro atoms. The minimum Gasteiger partial charge on any atom is -0.378 e. The molecule has 1 unspecified atom stereocenters. The molecule has 2 aliphatic heterocycles. The van der Waals surface area contributed by atoms with Crippen LogP contribution in [0.1, 0.15) is 31.9 Å². The van der Waals surface area contributed by atoms with Crippen LogP contribution in [-0.2, 0) is 4.74 Å². The van der Waals surface area contributed by atoms with Gasteiger partial charge in [0.25, 0.3) is 0 Å². The topological polar surface area (TPSA) is 57.3 Å². The minimum atomic E-state index is 0.537. The van der Waals surface area contributed by atoms with Gasteiger partial charge in [-0.15, -0.1) is 0 Å². The molecule has 23 heavy (non-hydrogen) atoms. The predicted octanol–water partition coefficient (Wildman–Crippen LogP) is 2.48. The van der Waals surface area contributed by atoms with E-state index in [1.165, 1.54) is 19.3 Å². The van der Waals surface area contributed by atoms with Crippen LogP contribution in [0.2, 0.25) is 0 Å². The number of rotatable bonds is 2. The third kappa shape index (κ3) is 2.76. The summed E-state index contributed by atoms with van der Waals surface area (Å²) in [7, 11) is 0. The summed E-state index contributed by atoms with van der Waals surface area (Å²) in [5.41, 5.74) is 2.09. The summed E-state index contributed by atoms with van der Waals surface area (Å²) in [5, 5.41) is 1.15. The van der Waals surface area contributed by atoms with E-state index in [-0.39, 0.29) is 0 Å². The highest BCUT2D eigenvalue weighted by Crippen LogP contribution is 2.31. The lowest BCUT2D eigenvalue weighted by molar-refractivity contribution is 0.122. The molecule has 6 heteroatoms. The number of ether oxygens (including phenoxy) is 1. The maximum atomic E-state index is 5.46. The largest absolute Gasteiger partial charge is 0.378 e. The summed E-state index contributed by atoms with van der Waals surface area (Å²) in [6.45, 7) is 8.70. The number of piperidine rings is 1. The molecule has 2 aliphatic rings. The Morgan fingerprint density at radius 1 is 1.17 bits per heavy atom. The first-order chi connectivity index (χ1) is 11.2. The Bertz CT molecular complexity index is 692. The van der Waals surface area contributed by atoms with Gasteiger partial charge in [0.1, 0.15) is 11.5 Å². The lowest BCUT2D eigenvalue weighted by Crippen LogP contribution is -2.40. The van der Waals surface area contributed by atoms with E-state index in [0.29, 0.717) is 6.04 Å². The summed E-state index contributed by atoms with van der Waals surface area (Å²) in [5.74, 6) is 1.92. The van der Waals surface area contributed by atoms with Gasteiger partial charge in [0.2, 0.25) is 5.95 Å². The van der Waals surface area contributed by atoms with Crippen molar-refractivity contribution >= 4 is 22.8 Å². The summed E-state index contributed by atoms with van der Waals surface area (Å²) >= 11 is 0. The van der Waals surface area contributed by atoms with Gasteiger partial charge in [-0.05, 0) is 39.2 Å². The number of anilines is 2. The van der Waals surface area contributed by atoms with E-state index >= 15 is 0 Å². The average molecular weight is 315 g/mol. The second-order valence-corrected chi connectivity index (χ2v) is 6.70. The van der Waals surface area contributed by atoms with E-state index in [1.807, 2.05) is 0 Å². The molecule has 2 fully saturated rings. The van der Waals surface area contributed by atoms with Gasteiger partial charge in [0, 0.05) is 31.4 Å². The standard InChI is InChI=1S/C17H25N5O/c1-12-11-14-15(18-12)19-17(21-7-9-23-10-8-21)20-16(14)22-6-4-3-5-13(22)2/h11,13H,3-10H2,1-2H3,(H,18,19,20). The molecular formula is C17H25N5O. The molecule has 4 heterocycles. The van der Waals surface area contributed by atoms with E-state index in [9.17, 15) is 0 Å². The molecule has 0 aromatic carbocycles. The molecule has 2 aromatic heterocycles. The Labute approximate surface area is 136 Å². The Morgan fingerprint density at radius 3 is 2.78 bits per heavy atom. The average Bonchev–Trinajstić information content (AvgIpc) is 2.95. The molecule has 0 radical (unpaired) electrons. The zero-order valence-electron chi connectivity index (χ0n) is 14.0. The Hall–Kier alpha value is -1.82. The van der Waals surface area contributed by atoms with Crippen molar-refractivity contribution in [2.75, 3.05) is 42.6 Å². The molecule has 6 nitrogen and oxygen atoms in total. The van der Waals surface area contributed by atoms with Crippen molar-refractivity contribution in [1.29, 1.82) is 0 Å². The van der Waals surface area contributed by atoms with Crippen LogP contribution in [-0.4, -0.2) is 53.8 Å². The number of fused-ring (bicyclic) bond motifs is 1. The molecule has 1 atom stereocenters. The number of aromatic nitrogens is 3. The molecule has 2 saturated heterocycles. The van der Waals surface area contributed by atoms with Crippen LogP contribution in [0.3, 0.4) is 0 Å². The molecule has 2 aromatic rings. The molecule has 0 bridgehead atoms. The zero-order valence-corrected chi connectivity index (χ0v) is 14.0. The molecular weight excluding hydrogens is 290 g/mol. The normalized spacial score (nSPS) is 22.8. The van der Waals surface area contributed by atoms with Gasteiger partial charge in [-0.3, -0.25) is 0 Å². The summed E-state index contributed by atoms with van der Waals surface area (Å²) < 4.78 is 5.46. The minimum absolute atomic E-state index is 0.537. The number of nitrogens with zero attached hydrogens (tertiary/aromatic N) is 4. The third-order valence-corrected chi connectivity index (χ3v) is 4.96. The fourth-order valence-electron chi connectivity index (χ4n) is 3.65. The van der Waals surface area contributed by atoms with Crippen LogP contribution in [0, 0.1) is 6.92 Å². The van der Waals surface area contributed by atoms with E-state index in [1.54, 1.807) is 0 Å². The highest BCUT2D eigenvalue weighted by molar-refractivity contribution is 5.89. The first kappa shape index (κ1) is 14.8. The van der Waals surface area contributed by atoms with E-state index < -0.39 is 0 Å². The lowest BCUT2D eigenvalue weighted by atomic mass is 10.0. The van der Waals surface area contributed by atoms with Crippen LogP contribution in [0.5, 0.6) is 0 Å². The zero-order chi connectivity index (χ0) is 15.8. The Balaban J connectivity index is 1.79. The molecule has 1 N–H and O–H groups in total. The monoisotopic (exact) mass is 315 g/mol. The SMILES string of the molecule is Cc1cc2c(N3CCCCC3C)nc(N3CCOCC3)nc2[nH]1. The van der Waals surface area contributed by atoms with Gasteiger partial charge in [0.05, 0.1) is 18.6 Å². The summed E-state index contributed by atoms with van der Waals surface area (Å²) in [6.07, 6.45) is 3.79. The number of H-pyrrole nitrogens is 1. The van der Waals surface area contributed by atoms with Crippen molar-refractivity contribution < 1.29 is 4.74 Å². The highest BCUT2D eigenvalue weighted by Gasteiger charge is 2.25. The number of nitrogens with one attached hydrogen (secondary N) is 1. The number of hydrogen-bond donors (Lipinski definition) is 1. The van der Waals surface area contributed by atoms with E-state index in [0.717, 1.165) is 61.3 Å². The van der Waals surface area contributed by atoms with Crippen LogP contribution in [0.15, 0.2) is 6.07 Å². The van der Waals surface area contributed by atoms with Crippen molar-refractivity contribution in [2.45, 2.75) is 39.2 Å². The molecule has 0 amide bonds. The maximum absolute atomic E-state index is 5.46. The number of hydrogen-bond acceptors (Lipinski definition) is 5. The van der Waals surface area contributed by atoms with E-state index in [2.05, 4.69) is 34.7 Å². The van der Waals surface area contributed by atoms with Gasteiger partial charge >= 0.3 is 0 Å². The summed E-state index contributed by atoms with van der Waals surface area (Å²) in [6, 6.07) is 2.71. The fourth-order valence-corrected chi connectivity index (χ4v) is 3.65. The van der Waals surface area contributed by atoms with Gasteiger partial charge in [-0.2, -0.15) is 9.97 Å². The first-order valence-corrected chi connectivity index (χ1v) is 8.69. The van der Waals surface area contributed by atoms with Gasteiger partial charge < -0.3 is 19.5 Å². The number of morpholine rings is 1. The van der Waals surface area contributed by atoms with E-state index in [4.69, 9.17) is 14.7 Å². The maximum Gasteiger partial charge on any atom is 0.229 e. The summed E-state index contributed by atoms with van der Waals surface area (Å²) in [4.78, 5) is 17.8. The quantitative estimate of drug-likeness (QED) is 0.922. The molecule has 4 rings (SSSR count). The Kier molecular flexibility index (Phi) is 3.85. The fraction of sp³-hybridized carbons (Fsp3) is 0.647. The second kappa shape index (κ2) is 6.00. The third-order valence-electron chi connectivity index (χ3n) is 4.96. The van der Waals surface area contributed by atoms with Crippen molar-refractivity contribution in [1.82, 2.24) is 15.0 Å². The van der Waals surface area contributed by atoms with Gasteiger partial charge in [-0.25, -0.2) is 0 Å². The second-order valence-electron chi connectivity index (χ2n) is 6.70. The smallest absolute Gasteiger partial charge is 0.229 e. The molecule has 0 aliphatic carbocycles. The lowest BCUT2D eigenvalue weighted by Gasteiger charge is -2.35. The van der Waals surface area contributed by atoms with Crippen molar-refractivity contribution in [3.63, 3.8) is 0 Å². The van der Waals surface area contributed by atoms with Gasteiger partial charge in [0.15, 0.2) is 0 Å². The van der Waals surface area contributed by atoms with Gasteiger partial charge in [-0.1, -0.05) is 0 Å². The number of aromatic amines is 1. The van der Waals surface area contributed by atoms with Crippen molar-refractivity contribution in [3.05, 3.63) is 11.8 Å². The first-order valence-electron chi connectivity index (χ1n) is 8.69. The Morgan fingerprint density at radius 2 is 2.00 bits per heavy atom.